The summed E-state index contributed by atoms with van der Waals surface area (Å²) in [5, 5.41) is 13.2. The lowest BCUT2D eigenvalue weighted by atomic mass is 10.0. The normalized spacial score (nSPS) is 16.8. The van der Waals surface area contributed by atoms with Crippen molar-refractivity contribution in [2.45, 2.75) is 45.5 Å². The molecule has 0 atom stereocenters. The second kappa shape index (κ2) is 8.02. The molecule has 2 heterocycles. The molecule has 0 unspecified atom stereocenters. The summed E-state index contributed by atoms with van der Waals surface area (Å²) in [6, 6.07) is 8.66. The van der Waals surface area contributed by atoms with Crippen LogP contribution in [0.25, 0.3) is 0 Å². The summed E-state index contributed by atoms with van der Waals surface area (Å²) in [5.74, 6) is 0. The number of hydrogen-bond donors (Lipinski definition) is 2. The Labute approximate surface area is 142 Å². The van der Waals surface area contributed by atoms with E-state index in [1.54, 1.807) is 11.3 Å². The third-order valence-corrected chi connectivity index (χ3v) is 5.45. The molecule has 1 aliphatic rings. The van der Waals surface area contributed by atoms with Crippen molar-refractivity contribution in [2.24, 2.45) is 0 Å². The van der Waals surface area contributed by atoms with Gasteiger partial charge in [0.05, 0.1) is 17.3 Å². The molecule has 0 radical (unpaired) electrons. The highest BCUT2D eigenvalue weighted by atomic mass is 32.1. The highest BCUT2D eigenvalue weighted by Crippen LogP contribution is 2.17. The zero-order valence-electron chi connectivity index (χ0n) is 13.7. The van der Waals surface area contributed by atoms with E-state index in [1.165, 1.54) is 16.0 Å². The van der Waals surface area contributed by atoms with E-state index in [1.807, 2.05) is 5.51 Å². The molecule has 0 amide bonds. The summed E-state index contributed by atoms with van der Waals surface area (Å²) in [5.41, 5.74) is 5.78. The van der Waals surface area contributed by atoms with Gasteiger partial charge in [-0.1, -0.05) is 24.3 Å². The first-order valence-corrected chi connectivity index (χ1v) is 9.17. The number of hydrogen-bond acceptors (Lipinski definition) is 5. The molecular weight excluding hydrogens is 306 g/mol. The Kier molecular flexibility index (Phi) is 5.78. The number of rotatable bonds is 6. The van der Waals surface area contributed by atoms with Crippen molar-refractivity contribution in [3.8, 4) is 0 Å². The van der Waals surface area contributed by atoms with Crippen LogP contribution in [0.2, 0.25) is 0 Å². The smallest absolute Gasteiger partial charge is 0.0798 e. The van der Waals surface area contributed by atoms with E-state index in [-0.39, 0.29) is 6.10 Å². The summed E-state index contributed by atoms with van der Waals surface area (Å²) < 4.78 is 0. The quantitative estimate of drug-likeness (QED) is 0.854. The van der Waals surface area contributed by atoms with Gasteiger partial charge in [-0.05, 0) is 30.9 Å². The van der Waals surface area contributed by atoms with Crippen LogP contribution in [0.4, 0.5) is 0 Å². The van der Waals surface area contributed by atoms with Crippen LogP contribution in [0.3, 0.4) is 0 Å². The van der Waals surface area contributed by atoms with Crippen LogP contribution in [-0.2, 0) is 19.6 Å². The molecule has 0 bridgehead atoms. The maximum atomic E-state index is 9.64. The van der Waals surface area contributed by atoms with Gasteiger partial charge in [0.1, 0.15) is 0 Å². The minimum absolute atomic E-state index is 0.106. The van der Waals surface area contributed by atoms with Crippen LogP contribution in [0, 0.1) is 6.92 Å². The zero-order valence-corrected chi connectivity index (χ0v) is 14.5. The Balaban J connectivity index is 1.56. The number of aromatic nitrogens is 1. The minimum atomic E-state index is -0.106. The number of nitrogens with zero attached hydrogens (tertiary/aromatic N) is 2. The number of likely N-dealkylation sites (tertiary alicyclic amines) is 1. The lowest BCUT2D eigenvalue weighted by molar-refractivity contribution is 0.0791. The Morgan fingerprint density at radius 2 is 1.96 bits per heavy atom. The van der Waals surface area contributed by atoms with Crippen LogP contribution in [-0.4, -0.2) is 34.2 Å². The zero-order chi connectivity index (χ0) is 16.1. The first-order chi connectivity index (χ1) is 11.2. The highest BCUT2D eigenvalue weighted by molar-refractivity contribution is 7.09. The summed E-state index contributed by atoms with van der Waals surface area (Å²) in [7, 11) is 0. The Bertz CT molecular complexity index is 620. The van der Waals surface area contributed by atoms with Crippen molar-refractivity contribution in [1.29, 1.82) is 0 Å². The monoisotopic (exact) mass is 331 g/mol. The van der Waals surface area contributed by atoms with E-state index in [0.717, 1.165) is 51.3 Å². The number of benzene rings is 1. The van der Waals surface area contributed by atoms with Crippen LogP contribution >= 0.6 is 11.3 Å². The average molecular weight is 331 g/mol. The first kappa shape index (κ1) is 16.6. The van der Waals surface area contributed by atoms with E-state index < -0.39 is 0 Å². The summed E-state index contributed by atoms with van der Waals surface area (Å²) in [6.07, 6.45) is 1.68. The molecule has 0 saturated carbocycles. The van der Waals surface area contributed by atoms with E-state index in [4.69, 9.17) is 0 Å². The van der Waals surface area contributed by atoms with Crippen molar-refractivity contribution in [3.05, 3.63) is 51.5 Å². The van der Waals surface area contributed by atoms with Crippen molar-refractivity contribution >= 4 is 11.3 Å². The molecule has 0 aliphatic carbocycles. The average Bonchev–Trinajstić information content (AvgIpc) is 2.96. The van der Waals surface area contributed by atoms with E-state index in [0.29, 0.717) is 0 Å². The fourth-order valence-corrected chi connectivity index (χ4v) is 3.76. The predicted molar refractivity (Wildman–Crippen MR) is 94.4 cm³/mol. The second-order valence-electron chi connectivity index (χ2n) is 6.24. The number of thiazole rings is 1. The third-order valence-electron chi connectivity index (χ3n) is 4.52. The van der Waals surface area contributed by atoms with E-state index in [2.05, 4.69) is 46.4 Å². The fraction of sp³-hybridized carbons (Fsp3) is 0.500. The van der Waals surface area contributed by atoms with Gasteiger partial charge < -0.3 is 10.4 Å². The number of nitrogens with one attached hydrogen (secondary N) is 1. The molecule has 1 aliphatic heterocycles. The minimum Gasteiger partial charge on any atom is -0.393 e. The molecule has 1 saturated heterocycles. The van der Waals surface area contributed by atoms with Gasteiger partial charge in [0.25, 0.3) is 0 Å². The fourth-order valence-electron chi connectivity index (χ4n) is 3.01. The standard InChI is InChI=1S/C18H25N3OS/c1-14-18(23-13-20-14)11-19-10-15-4-2-3-5-16(15)12-21-8-6-17(22)7-9-21/h2-5,13,17,19,22H,6-12H2,1H3. The van der Waals surface area contributed by atoms with Crippen molar-refractivity contribution in [1.82, 2.24) is 15.2 Å². The van der Waals surface area contributed by atoms with E-state index >= 15 is 0 Å². The van der Waals surface area contributed by atoms with Gasteiger partial charge in [-0.25, -0.2) is 4.98 Å². The number of aryl methyl sites for hydroxylation is 1. The first-order valence-electron chi connectivity index (χ1n) is 8.29. The lowest BCUT2D eigenvalue weighted by Gasteiger charge is -2.30. The maximum Gasteiger partial charge on any atom is 0.0798 e. The molecule has 3 rings (SSSR count). The summed E-state index contributed by atoms with van der Waals surface area (Å²) >= 11 is 1.71. The summed E-state index contributed by atoms with van der Waals surface area (Å²) in [6.45, 7) is 6.77. The predicted octanol–water partition coefficient (Wildman–Crippen LogP) is 2.70. The topological polar surface area (TPSA) is 48.4 Å². The molecule has 0 spiro atoms. The van der Waals surface area contributed by atoms with Crippen LogP contribution in [0.15, 0.2) is 29.8 Å². The van der Waals surface area contributed by atoms with Gasteiger partial charge in [-0.3, -0.25) is 4.90 Å². The van der Waals surface area contributed by atoms with Gasteiger partial charge in [0, 0.05) is 37.6 Å². The van der Waals surface area contributed by atoms with Gasteiger partial charge >= 0.3 is 0 Å². The van der Waals surface area contributed by atoms with Crippen LogP contribution < -0.4 is 5.32 Å². The maximum absolute atomic E-state index is 9.64. The molecule has 1 fully saturated rings. The number of piperidine rings is 1. The van der Waals surface area contributed by atoms with Crippen molar-refractivity contribution < 1.29 is 5.11 Å². The molecule has 5 heteroatoms. The third kappa shape index (κ3) is 4.61. The van der Waals surface area contributed by atoms with Gasteiger partial charge in [0.2, 0.25) is 0 Å². The molecule has 1 aromatic heterocycles. The Morgan fingerprint density at radius 1 is 1.22 bits per heavy atom. The molecule has 124 valence electrons. The van der Waals surface area contributed by atoms with E-state index in [9.17, 15) is 5.11 Å². The van der Waals surface area contributed by atoms with Crippen LogP contribution in [0.5, 0.6) is 0 Å². The molecule has 23 heavy (non-hydrogen) atoms. The second-order valence-corrected chi connectivity index (χ2v) is 7.18. The van der Waals surface area contributed by atoms with Crippen LogP contribution in [0.1, 0.15) is 34.5 Å². The molecular formula is C18H25N3OS. The summed E-state index contributed by atoms with van der Waals surface area (Å²) in [4.78, 5) is 8.05. The number of aliphatic hydroxyl groups is 1. The number of aliphatic hydroxyl groups excluding tert-OH is 1. The molecule has 2 N–H and O–H groups in total. The molecule has 4 nitrogen and oxygen atoms in total. The van der Waals surface area contributed by atoms with Gasteiger partial charge in [0.15, 0.2) is 0 Å². The lowest BCUT2D eigenvalue weighted by Crippen LogP contribution is -2.35. The molecule has 1 aromatic carbocycles. The van der Waals surface area contributed by atoms with Gasteiger partial charge in [-0.2, -0.15) is 0 Å². The SMILES string of the molecule is Cc1ncsc1CNCc1ccccc1CN1CCC(O)CC1. The Morgan fingerprint density at radius 3 is 2.65 bits per heavy atom. The largest absolute Gasteiger partial charge is 0.393 e. The van der Waals surface area contributed by atoms with Gasteiger partial charge in [-0.15, -0.1) is 11.3 Å². The van der Waals surface area contributed by atoms with Crippen molar-refractivity contribution in [2.75, 3.05) is 13.1 Å². The molecule has 2 aromatic rings. The highest BCUT2D eigenvalue weighted by Gasteiger charge is 2.17. The Hall–Kier alpha value is -1.27. The van der Waals surface area contributed by atoms with Crippen molar-refractivity contribution in [3.63, 3.8) is 0 Å².